The Morgan fingerprint density at radius 2 is 1.86 bits per heavy atom. The molecule has 29 heavy (non-hydrogen) atoms. The minimum atomic E-state index is 0.634. The quantitative estimate of drug-likeness (QED) is 0.622. The Balaban J connectivity index is 1.36. The molecule has 1 unspecified atom stereocenters. The van der Waals surface area contributed by atoms with Crippen molar-refractivity contribution in [1.82, 2.24) is 19.8 Å². The molecule has 2 saturated heterocycles. The van der Waals surface area contributed by atoms with Crippen LogP contribution in [0.25, 0.3) is 20.7 Å². The van der Waals surface area contributed by atoms with E-state index in [2.05, 4.69) is 44.8 Å². The molecule has 3 aromatic rings. The molecule has 0 spiro atoms. The number of hydrogen-bond acceptors (Lipinski definition) is 6. The molecule has 2 fully saturated rings. The standard InChI is InChI=1S/C22H26ClN5S/c1-2-26-9-11-27(12-10-26)18-7-8-28(14-18)22-21-19(24-15-25-22)13-20(29-21)16-3-5-17(23)6-4-16/h3-6,13,15,18H,2,7-12,14H2,1H3. The van der Waals surface area contributed by atoms with Crippen LogP contribution in [0.3, 0.4) is 0 Å². The minimum Gasteiger partial charge on any atom is -0.354 e. The molecule has 5 nitrogen and oxygen atoms in total. The third kappa shape index (κ3) is 3.87. The van der Waals surface area contributed by atoms with Gasteiger partial charge in [-0.3, -0.25) is 4.90 Å². The highest BCUT2D eigenvalue weighted by Gasteiger charge is 2.31. The van der Waals surface area contributed by atoms with E-state index in [1.165, 1.54) is 47.7 Å². The molecule has 1 atom stereocenters. The summed E-state index contributed by atoms with van der Waals surface area (Å²) in [5.41, 5.74) is 2.21. The second-order valence-corrected chi connectivity index (χ2v) is 9.38. The molecule has 0 amide bonds. The lowest BCUT2D eigenvalue weighted by Gasteiger charge is -2.37. The number of nitrogens with zero attached hydrogens (tertiary/aromatic N) is 5. The molecule has 0 bridgehead atoms. The minimum absolute atomic E-state index is 0.634. The van der Waals surface area contributed by atoms with Gasteiger partial charge in [0.25, 0.3) is 0 Å². The number of fused-ring (bicyclic) bond motifs is 1. The van der Waals surface area contributed by atoms with E-state index in [1.54, 1.807) is 17.7 Å². The fourth-order valence-corrected chi connectivity index (χ4v) is 5.76. The van der Waals surface area contributed by atoms with E-state index >= 15 is 0 Å². The van der Waals surface area contributed by atoms with E-state index in [1.807, 2.05) is 12.1 Å². The molecule has 2 aromatic heterocycles. The van der Waals surface area contributed by atoms with Crippen molar-refractivity contribution in [3.63, 3.8) is 0 Å². The number of aromatic nitrogens is 2. The van der Waals surface area contributed by atoms with E-state index in [-0.39, 0.29) is 0 Å². The van der Waals surface area contributed by atoms with Crippen molar-refractivity contribution in [2.75, 3.05) is 50.7 Å². The van der Waals surface area contributed by atoms with Crippen LogP contribution in [-0.2, 0) is 0 Å². The van der Waals surface area contributed by atoms with Crippen LogP contribution in [-0.4, -0.2) is 71.6 Å². The number of halogens is 1. The Labute approximate surface area is 180 Å². The number of hydrogen-bond donors (Lipinski definition) is 0. The van der Waals surface area contributed by atoms with Crippen LogP contribution in [0, 0.1) is 0 Å². The van der Waals surface area contributed by atoms with E-state index < -0.39 is 0 Å². The van der Waals surface area contributed by atoms with Gasteiger partial charge in [-0.25, -0.2) is 9.97 Å². The van der Waals surface area contributed by atoms with E-state index in [9.17, 15) is 0 Å². The van der Waals surface area contributed by atoms with Crippen LogP contribution in [0.2, 0.25) is 5.02 Å². The zero-order valence-corrected chi connectivity index (χ0v) is 18.3. The molecule has 2 aliphatic rings. The van der Waals surface area contributed by atoms with E-state index in [0.717, 1.165) is 36.0 Å². The molecule has 152 valence electrons. The molecule has 1 aromatic carbocycles. The first-order chi connectivity index (χ1) is 14.2. The summed E-state index contributed by atoms with van der Waals surface area (Å²) in [6.07, 6.45) is 2.93. The zero-order chi connectivity index (χ0) is 19.8. The topological polar surface area (TPSA) is 35.5 Å². The fraction of sp³-hybridized carbons (Fsp3) is 0.455. The lowest BCUT2D eigenvalue weighted by molar-refractivity contribution is 0.107. The largest absolute Gasteiger partial charge is 0.354 e. The summed E-state index contributed by atoms with van der Waals surface area (Å²) >= 11 is 7.83. The Bertz CT molecular complexity index is 981. The van der Waals surface area contributed by atoms with Crippen LogP contribution in [0.15, 0.2) is 36.7 Å². The highest BCUT2D eigenvalue weighted by Crippen LogP contribution is 2.38. The second-order valence-electron chi connectivity index (χ2n) is 7.89. The lowest BCUT2D eigenvalue weighted by atomic mass is 10.2. The average molecular weight is 428 g/mol. The summed E-state index contributed by atoms with van der Waals surface area (Å²) in [4.78, 5) is 18.1. The molecule has 5 rings (SSSR count). The van der Waals surface area contributed by atoms with Gasteiger partial charge < -0.3 is 9.80 Å². The van der Waals surface area contributed by atoms with Gasteiger partial charge in [-0.15, -0.1) is 11.3 Å². The van der Waals surface area contributed by atoms with Crippen LogP contribution < -0.4 is 4.90 Å². The molecule has 0 aliphatic carbocycles. The van der Waals surface area contributed by atoms with Gasteiger partial charge >= 0.3 is 0 Å². The Morgan fingerprint density at radius 1 is 1.07 bits per heavy atom. The maximum Gasteiger partial charge on any atom is 0.150 e. The van der Waals surface area contributed by atoms with E-state index in [0.29, 0.717) is 6.04 Å². The van der Waals surface area contributed by atoms with Crippen molar-refractivity contribution in [1.29, 1.82) is 0 Å². The SMILES string of the molecule is CCN1CCN(C2CCN(c3ncnc4cc(-c5ccc(Cl)cc5)sc34)C2)CC1. The van der Waals surface area contributed by atoms with Gasteiger partial charge in [0.05, 0.1) is 10.2 Å². The number of anilines is 1. The predicted molar refractivity (Wildman–Crippen MR) is 122 cm³/mol. The summed E-state index contributed by atoms with van der Waals surface area (Å²) < 4.78 is 1.19. The van der Waals surface area contributed by atoms with Crippen molar-refractivity contribution in [3.05, 3.63) is 41.7 Å². The molecule has 7 heteroatoms. The van der Waals surface area contributed by atoms with E-state index in [4.69, 9.17) is 16.6 Å². The smallest absolute Gasteiger partial charge is 0.150 e. The van der Waals surface area contributed by atoms with Crippen molar-refractivity contribution in [2.24, 2.45) is 0 Å². The summed E-state index contributed by atoms with van der Waals surface area (Å²) in [5, 5.41) is 0.762. The van der Waals surface area contributed by atoms with Gasteiger partial charge in [-0.05, 0) is 36.7 Å². The van der Waals surface area contributed by atoms with Gasteiger partial charge in [0.15, 0.2) is 0 Å². The maximum atomic E-state index is 6.05. The number of piperazine rings is 1. The van der Waals surface area contributed by atoms with Gasteiger partial charge in [0.1, 0.15) is 12.1 Å². The monoisotopic (exact) mass is 427 g/mol. The molecule has 2 aliphatic heterocycles. The molecular formula is C22H26ClN5S. The molecular weight excluding hydrogens is 402 g/mol. The number of benzene rings is 1. The molecule has 4 heterocycles. The average Bonchev–Trinajstić information content (AvgIpc) is 3.41. The highest BCUT2D eigenvalue weighted by molar-refractivity contribution is 7.22. The van der Waals surface area contributed by atoms with Crippen molar-refractivity contribution in [3.8, 4) is 10.4 Å². The Morgan fingerprint density at radius 3 is 2.62 bits per heavy atom. The van der Waals surface area contributed by atoms with Crippen LogP contribution in [0.4, 0.5) is 5.82 Å². The van der Waals surface area contributed by atoms with Crippen LogP contribution in [0.5, 0.6) is 0 Å². The number of likely N-dealkylation sites (N-methyl/N-ethyl adjacent to an activating group) is 1. The van der Waals surface area contributed by atoms with Gasteiger partial charge in [0, 0.05) is 55.2 Å². The molecule has 0 radical (unpaired) electrons. The Hall–Kier alpha value is -1.73. The maximum absolute atomic E-state index is 6.05. The summed E-state index contributed by atoms with van der Waals surface area (Å²) in [6.45, 7) is 10.3. The van der Waals surface area contributed by atoms with Crippen molar-refractivity contribution < 1.29 is 0 Å². The summed E-state index contributed by atoms with van der Waals surface area (Å²) in [5.74, 6) is 1.09. The van der Waals surface area contributed by atoms with Crippen molar-refractivity contribution in [2.45, 2.75) is 19.4 Å². The lowest BCUT2D eigenvalue weighted by Crippen LogP contribution is -2.50. The van der Waals surface area contributed by atoms with Gasteiger partial charge in [-0.2, -0.15) is 0 Å². The van der Waals surface area contributed by atoms with Gasteiger partial charge in [0.2, 0.25) is 0 Å². The first-order valence-electron chi connectivity index (χ1n) is 10.4. The predicted octanol–water partition coefficient (Wildman–Crippen LogP) is 4.23. The Kier molecular flexibility index (Phi) is 5.43. The summed E-state index contributed by atoms with van der Waals surface area (Å²) in [6, 6.07) is 10.8. The summed E-state index contributed by atoms with van der Waals surface area (Å²) in [7, 11) is 0. The first-order valence-corrected chi connectivity index (χ1v) is 11.6. The third-order valence-corrected chi connectivity index (χ3v) is 7.68. The molecule has 0 saturated carbocycles. The van der Waals surface area contributed by atoms with Crippen LogP contribution in [0.1, 0.15) is 13.3 Å². The number of rotatable bonds is 4. The van der Waals surface area contributed by atoms with Gasteiger partial charge in [-0.1, -0.05) is 30.7 Å². The second kappa shape index (κ2) is 8.19. The first kappa shape index (κ1) is 19.2. The van der Waals surface area contributed by atoms with Crippen molar-refractivity contribution >= 4 is 39.0 Å². The van der Waals surface area contributed by atoms with Crippen LogP contribution >= 0.6 is 22.9 Å². The normalized spacial score (nSPS) is 21.3. The highest BCUT2D eigenvalue weighted by atomic mass is 35.5. The zero-order valence-electron chi connectivity index (χ0n) is 16.7. The number of thiophene rings is 1. The molecule has 0 N–H and O–H groups in total. The fourth-order valence-electron chi connectivity index (χ4n) is 4.50. The third-order valence-electron chi connectivity index (χ3n) is 6.25.